The molecule has 0 amide bonds. The van der Waals surface area contributed by atoms with Crippen LogP contribution < -0.4 is 0 Å². The number of ether oxygens (including phenoxy) is 1. The van der Waals surface area contributed by atoms with Gasteiger partial charge in [0.25, 0.3) is 0 Å². The number of sulfone groups is 1. The van der Waals surface area contributed by atoms with Crippen LogP contribution in [0, 0.1) is 0 Å². The predicted molar refractivity (Wildman–Crippen MR) is 66.8 cm³/mol. The molecule has 0 aliphatic rings. The Balaban J connectivity index is 2.69. The number of thiophene rings is 1. The van der Waals surface area contributed by atoms with E-state index < -0.39 is 21.1 Å². The third-order valence-electron chi connectivity index (χ3n) is 2.32. The maximum absolute atomic E-state index is 12.0. The Hall–Kier alpha value is -0.880. The van der Waals surface area contributed by atoms with Crippen LogP contribution in [-0.4, -0.2) is 26.2 Å². The molecular formula is C11H16O4S2. The molecule has 0 saturated heterocycles. The maximum atomic E-state index is 12.0. The SMILES string of the molecule is CCCCOC(=O)C(C)S(=O)(=O)c1cccs1. The van der Waals surface area contributed by atoms with Crippen LogP contribution in [0.2, 0.25) is 0 Å². The predicted octanol–water partition coefficient (Wildman–Crippen LogP) is 2.25. The van der Waals surface area contributed by atoms with Gasteiger partial charge in [-0.3, -0.25) is 4.79 Å². The Labute approximate surface area is 106 Å². The summed E-state index contributed by atoms with van der Waals surface area (Å²) in [5.41, 5.74) is 0. The first-order valence-corrected chi connectivity index (χ1v) is 7.86. The fraction of sp³-hybridized carbons (Fsp3) is 0.545. The topological polar surface area (TPSA) is 60.4 Å². The Bertz CT molecular complexity index is 448. The Kier molecular flexibility index (Phi) is 5.14. The highest BCUT2D eigenvalue weighted by atomic mass is 32.2. The highest BCUT2D eigenvalue weighted by molar-refractivity contribution is 7.94. The summed E-state index contributed by atoms with van der Waals surface area (Å²) in [4.78, 5) is 11.6. The standard InChI is InChI=1S/C11H16O4S2/c1-3-4-7-15-11(12)9(2)17(13,14)10-6-5-8-16-10/h5-6,8-9H,3-4,7H2,1-2H3. The van der Waals surface area contributed by atoms with E-state index in [0.717, 1.165) is 24.2 Å². The molecule has 0 radical (unpaired) electrons. The molecule has 96 valence electrons. The maximum Gasteiger partial charge on any atom is 0.324 e. The highest BCUT2D eigenvalue weighted by Gasteiger charge is 2.31. The van der Waals surface area contributed by atoms with Gasteiger partial charge in [-0.1, -0.05) is 19.4 Å². The minimum absolute atomic E-state index is 0.206. The van der Waals surface area contributed by atoms with Gasteiger partial charge in [-0.25, -0.2) is 8.42 Å². The van der Waals surface area contributed by atoms with Crippen molar-refractivity contribution in [2.45, 2.75) is 36.1 Å². The van der Waals surface area contributed by atoms with Gasteiger partial charge in [0.1, 0.15) is 4.21 Å². The molecule has 0 bridgehead atoms. The molecule has 0 N–H and O–H groups in total. The lowest BCUT2D eigenvalue weighted by molar-refractivity contribution is -0.142. The monoisotopic (exact) mass is 276 g/mol. The fourth-order valence-electron chi connectivity index (χ4n) is 1.16. The molecule has 0 aliphatic carbocycles. The van der Waals surface area contributed by atoms with Crippen LogP contribution in [0.15, 0.2) is 21.7 Å². The van der Waals surface area contributed by atoms with E-state index in [0.29, 0.717) is 0 Å². The molecule has 0 saturated carbocycles. The molecule has 0 aromatic carbocycles. The summed E-state index contributed by atoms with van der Waals surface area (Å²) in [6.07, 6.45) is 1.65. The van der Waals surface area contributed by atoms with E-state index in [1.165, 1.54) is 13.0 Å². The molecule has 1 aromatic heterocycles. The Morgan fingerprint density at radius 2 is 2.24 bits per heavy atom. The molecule has 4 nitrogen and oxygen atoms in total. The van der Waals surface area contributed by atoms with Crippen LogP contribution in [0.4, 0.5) is 0 Å². The number of hydrogen-bond donors (Lipinski definition) is 0. The fourth-order valence-corrected chi connectivity index (χ4v) is 3.68. The van der Waals surface area contributed by atoms with Gasteiger partial charge in [-0.15, -0.1) is 11.3 Å². The summed E-state index contributed by atoms with van der Waals surface area (Å²) in [6, 6.07) is 3.14. The highest BCUT2D eigenvalue weighted by Crippen LogP contribution is 2.21. The van der Waals surface area contributed by atoms with Gasteiger partial charge in [0.05, 0.1) is 6.61 Å². The number of unbranched alkanes of at least 4 members (excludes halogenated alkanes) is 1. The molecular weight excluding hydrogens is 260 g/mol. The zero-order valence-corrected chi connectivity index (χ0v) is 11.5. The van der Waals surface area contributed by atoms with E-state index in [1.54, 1.807) is 11.4 Å². The Morgan fingerprint density at radius 1 is 1.53 bits per heavy atom. The van der Waals surface area contributed by atoms with E-state index in [-0.39, 0.29) is 10.8 Å². The zero-order chi connectivity index (χ0) is 12.9. The van der Waals surface area contributed by atoms with Crippen LogP contribution in [0.3, 0.4) is 0 Å². The third-order valence-corrected chi connectivity index (χ3v) is 5.78. The van der Waals surface area contributed by atoms with Crippen LogP contribution in [0.5, 0.6) is 0 Å². The van der Waals surface area contributed by atoms with E-state index in [9.17, 15) is 13.2 Å². The first-order valence-electron chi connectivity index (χ1n) is 5.44. The summed E-state index contributed by atoms with van der Waals surface area (Å²) >= 11 is 1.11. The zero-order valence-electron chi connectivity index (χ0n) is 9.88. The third kappa shape index (κ3) is 3.54. The number of carbonyl (C=O) groups is 1. The van der Waals surface area contributed by atoms with Gasteiger partial charge >= 0.3 is 5.97 Å². The van der Waals surface area contributed by atoms with E-state index in [2.05, 4.69) is 0 Å². The average molecular weight is 276 g/mol. The Morgan fingerprint density at radius 3 is 2.76 bits per heavy atom. The van der Waals surface area contributed by atoms with Crippen molar-refractivity contribution < 1.29 is 17.9 Å². The molecule has 0 fully saturated rings. The molecule has 17 heavy (non-hydrogen) atoms. The summed E-state index contributed by atoms with van der Waals surface area (Å²) in [5, 5.41) is 0.528. The average Bonchev–Trinajstić information content (AvgIpc) is 2.82. The summed E-state index contributed by atoms with van der Waals surface area (Å²) in [7, 11) is -3.59. The molecule has 0 spiro atoms. The van der Waals surface area contributed by atoms with Crippen LogP contribution in [0.25, 0.3) is 0 Å². The van der Waals surface area contributed by atoms with E-state index in [4.69, 9.17) is 4.74 Å². The van der Waals surface area contributed by atoms with Gasteiger partial charge in [-0.05, 0) is 24.8 Å². The van der Waals surface area contributed by atoms with Crippen molar-refractivity contribution in [1.82, 2.24) is 0 Å². The normalized spacial score (nSPS) is 13.3. The molecule has 0 aliphatic heterocycles. The summed E-state index contributed by atoms with van der Waals surface area (Å²) in [5.74, 6) is -0.674. The summed E-state index contributed by atoms with van der Waals surface area (Å²) < 4.78 is 29.1. The first-order chi connectivity index (χ1) is 8.00. The second-order valence-electron chi connectivity index (χ2n) is 3.64. The molecule has 1 heterocycles. The van der Waals surface area contributed by atoms with Crippen molar-refractivity contribution in [3.8, 4) is 0 Å². The van der Waals surface area contributed by atoms with Crippen molar-refractivity contribution in [1.29, 1.82) is 0 Å². The lowest BCUT2D eigenvalue weighted by atomic mass is 10.4. The summed E-state index contributed by atoms with van der Waals surface area (Å²) in [6.45, 7) is 3.61. The van der Waals surface area contributed by atoms with Gasteiger partial charge in [0.2, 0.25) is 9.84 Å². The van der Waals surface area contributed by atoms with Crippen molar-refractivity contribution >= 4 is 27.1 Å². The number of esters is 1. The van der Waals surface area contributed by atoms with Crippen molar-refractivity contribution in [3.05, 3.63) is 17.5 Å². The van der Waals surface area contributed by atoms with Gasteiger partial charge < -0.3 is 4.74 Å². The van der Waals surface area contributed by atoms with Gasteiger partial charge in [0.15, 0.2) is 5.25 Å². The molecule has 1 aromatic rings. The quantitative estimate of drug-likeness (QED) is 0.590. The first kappa shape index (κ1) is 14.2. The molecule has 1 atom stereocenters. The lowest BCUT2D eigenvalue weighted by Crippen LogP contribution is -2.29. The van der Waals surface area contributed by atoms with Gasteiger partial charge in [0, 0.05) is 0 Å². The van der Waals surface area contributed by atoms with Crippen LogP contribution in [-0.2, 0) is 19.4 Å². The van der Waals surface area contributed by atoms with Gasteiger partial charge in [-0.2, -0.15) is 0 Å². The number of hydrogen-bond acceptors (Lipinski definition) is 5. The van der Waals surface area contributed by atoms with Crippen LogP contribution >= 0.6 is 11.3 Å². The smallest absolute Gasteiger partial charge is 0.324 e. The van der Waals surface area contributed by atoms with E-state index >= 15 is 0 Å². The minimum atomic E-state index is -3.59. The number of carbonyl (C=O) groups excluding carboxylic acids is 1. The molecule has 1 unspecified atom stereocenters. The van der Waals surface area contributed by atoms with Crippen molar-refractivity contribution in [2.75, 3.05) is 6.61 Å². The van der Waals surface area contributed by atoms with E-state index in [1.807, 2.05) is 6.92 Å². The largest absolute Gasteiger partial charge is 0.465 e. The van der Waals surface area contributed by atoms with Crippen molar-refractivity contribution in [3.63, 3.8) is 0 Å². The number of rotatable bonds is 6. The molecule has 6 heteroatoms. The van der Waals surface area contributed by atoms with Crippen molar-refractivity contribution in [2.24, 2.45) is 0 Å². The van der Waals surface area contributed by atoms with Crippen LogP contribution in [0.1, 0.15) is 26.7 Å². The minimum Gasteiger partial charge on any atom is -0.465 e. The molecule has 1 rings (SSSR count). The lowest BCUT2D eigenvalue weighted by Gasteiger charge is -2.11. The second kappa shape index (κ2) is 6.16. The second-order valence-corrected chi connectivity index (χ2v) is 7.08.